The Labute approximate surface area is 148 Å². The first-order valence-corrected chi connectivity index (χ1v) is 10.0. The number of sulfonamides is 1. The molecule has 0 radical (unpaired) electrons. The number of piperidine rings is 1. The summed E-state index contributed by atoms with van der Waals surface area (Å²) in [4.78, 5) is 24.5. The molecule has 1 aromatic rings. The second kappa shape index (κ2) is 8.44. The van der Waals surface area contributed by atoms with Gasteiger partial charge in [-0.15, -0.1) is 0 Å². The number of carbonyl (C=O) groups excluding carboxylic acids is 2. The van der Waals surface area contributed by atoms with Gasteiger partial charge in [-0.05, 0) is 38.8 Å². The van der Waals surface area contributed by atoms with Crippen LogP contribution in [0.1, 0.15) is 37.0 Å². The number of nitrogens with zero attached hydrogens (tertiary/aromatic N) is 1. The number of amides is 1. The summed E-state index contributed by atoms with van der Waals surface area (Å²) in [5.74, 6) is -0.900. The zero-order valence-corrected chi connectivity index (χ0v) is 15.3. The molecule has 1 amide bonds. The third kappa shape index (κ3) is 4.79. The molecule has 138 valence electrons. The lowest BCUT2D eigenvalue weighted by Crippen LogP contribution is -2.42. The molecule has 0 bridgehead atoms. The summed E-state index contributed by atoms with van der Waals surface area (Å²) < 4.78 is 30.2. The van der Waals surface area contributed by atoms with Crippen molar-refractivity contribution in [3.8, 4) is 0 Å². The van der Waals surface area contributed by atoms with Crippen molar-refractivity contribution in [2.75, 3.05) is 30.8 Å². The van der Waals surface area contributed by atoms with Crippen molar-refractivity contribution in [3.63, 3.8) is 0 Å². The summed E-state index contributed by atoms with van der Waals surface area (Å²) in [5.41, 5.74) is 0.721. The number of ether oxygens (including phenoxy) is 1. The number of benzene rings is 1. The van der Waals surface area contributed by atoms with Gasteiger partial charge in [0.25, 0.3) is 0 Å². The Balaban J connectivity index is 2.01. The Kier molecular flexibility index (Phi) is 6.55. The largest absolute Gasteiger partial charge is 0.462 e. The fourth-order valence-electron chi connectivity index (χ4n) is 2.79. The molecule has 0 aromatic heterocycles. The summed E-state index contributed by atoms with van der Waals surface area (Å²) in [5, 5.41) is 2.78. The minimum absolute atomic E-state index is 0.0662. The van der Waals surface area contributed by atoms with E-state index in [4.69, 9.17) is 4.74 Å². The molecule has 0 aliphatic carbocycles. The van der Waals surface area contributed by atoms with E-state index in [0.717, 1.165) is 0 Å². The first-order valence-electron chi connectivity index (χ1n) is 8.43. The maximum atomic E-state index is 12.5. The van der Waals surface area contributed by atoms with Crippen molar-refractivity contribution >= 4 is 27.6 Å². The summed E-state index contributed by atoms with van der Waals surface area (Å²) in [6.45, 7) is 4.27. The van der Waals surface area contributed by atoms with E-state index in [9.17, 15) is 18.0 Å². The molecular formula is C17H24N2O5S. The fraction of sp³-hybridized carbons (Fsp3) is 0.529. The molecule has 7 nitrogen and oxygen atoms in total. The molecule has 1 aliphatic rings. The minimum Gasteiger partial charge on any atom is -0.462 e. The highest BCUT2D eigenvalue weighted by atomic mass is 32.2. The number of esters is 1. The zero-order valence-electron chi connectivity index (χ0n) is 14.5. The van der Waals surface area contributed by atoms with Crippen LogP contribution in [0.2, 0.25) is 0 Å². The smallest absolute Gasteiger partial charge is 0.340 e. The highest BCUT2D eigenvalue weighted by Crippen LogP contribution is 2.23. The Hall–Kier alpha value is -1.93. The maximum absolute atomic E-state index is 12.5. The van der Waals surface area contributed by atoms with Gasteiger partial charge in [-0.1, -0.05) is 12.1 Å². The van der Waals surface area contributed by atoms with Gasteiger partial charge in [-0.3, -0.25) is 4.79 Å². The standard InChI is InChI=1S/C17H24N2O5S/c1-3-24-17(21)14-7-5-6-8-15(14)18-16(20)13-9-11-19(12-10-13)25(22,23)4-2/h5-8,13H,3-4,9-12H2,1-2H3,(H,18,20). The third-order valence-electron chi connectivity index (χ3n) is 4.26. The summed E-state index contributed by atoms with van der Waals surface area (Å²) in [7, 11) is -3.21. The Bertz CT molecular complexity index is 724. The van der Waals surface area contributed by atoms with Crippen LogP contribution in [0.15, 0.2) is 24.3 Å². The first kappa shape index (κ1) is 19.4. The van der Waals surface area contributed by atoms with E-state index >= 15 is 0 Å². The second-order valence-electron chi connectivity index (χ2n) is 5.83. The number of anilines is 1. The van der Waals surface area contributed by atoms with Gasteiger partial charge >= 0.3 is 5.97 Å². The molecule has 1 aromatic carbocycles. The van der Waals surface area contributed by atoms with Gasteiger partial charge in [0.1, 0.15) is 0 Å². The van der Waals surface area contributed by atoms with Gasteiger partial charge in [0.15, 0.2) is 0 Å². The van der Waals surface area contributed by atoms with E-state index < -0.39 is 16.0 Å². The van der Waals surface area contributed by atoms with Gasteiger partial charge in [-0.25, -0.2) is 17.5 Å². The van der Waals surface area contributed by atoms with Gasteiger partial charge < -0.3 is 10.1 Å². The van der Waals surface area contributed by atoms with E-state index in [-0.39, 0.29) is 24.2 Å². The Morgan fingerprint density at radius 3 is 2.44 bits per heavy atom. The van der Waals surface area contributed by atoms with Crippen LogP contribution in [-0.4, -0.2) is 50.0 Å². The molecule has 1 saturated heterocycles. The van der Waals surface area contributed by atoms with Gasteiger partial charge in [0.2, 0.25) is 15.9 Å². The number of hydrogen-bond donors (Lipinski definition) is 1. The van der Waals surface area contributed by atoms with Crippen LogP contribution in [0, 0.1) is 5.92 Å². The Morgan fingerprint density at radius 1 is 1.20 bits per heavy atom. The lowest BCUT2D eigenvalue weighted by molar-refractivity contribution is -0.120. The van der Waals surface area contributed by atoms with Crippen molar-refractivity contribution < 1.29 is 22.7 Å². The summed E-state index contributed by atoms with van der Waals surface area (Å²) in [6.07, 6.45) is 0.930. The molecule has 1 N–H and O–H groups in total. The van der Waals surface area contributed by atoms with E-state index in [1.165, 1.54) is 4.31 Å². The molecular weight excluding hydrogens is 344 g/mol. The first-order chi connectivity index (χ1) is 11.9. The lowest BCUT2D eigenvalue weighted by Gasteiger charge is -2.30. The van der Waals surface area contributed by atoms with Crippen LogP contribution in [0.3, 0.4) is 0 Å². The van der Waals surface area contributed by atoms with Gasteiger partial charge in [-0.2, -0.15) is 0 Å². The quantitative estimate of drug-likeness (QED) is 0.774. The summed E-state index contributed by atoms with van der Waals surface area (Å²) >= 11 is 0. The summed E-state index contributed by atoms with van der Waals surface area (Å²) in [6, 6.07) is 6.69. The number of rotatable bonds is 6. The van der Waals surface area contributed by atoms with Crippen LogP contribution in [0.5, 0.6) is 0 Å². The SMILES string of the molecule is CCOC(=O)c1ccccc1NC(=O)C1CCN(S(=O)(=O)CC)CC1. The van der Waals surface area contributed by atoms with Crippen molar-refractivity contribution in [3.05, 3.63) is 29.8 Å². The van der Waals surface area contributed by atoms with E-state index in [1.54, 1.807) is 38.1 Å². The monoisotopic (exact) mass is 368 g/mol. The average molecular weight is 368 g/mol. The van der Waals surface area contributed by atoms with Gasteiger partial charge in [0, 0.05) is 19.0 Å². The highest BCUT2D eigenvalue weighted by Gasteiger charge is 2.30. The predicted molar refractivity (Wildman–Crippen MR) is 94.8 cm³/mol. The molecule has 0 atom stereocenters. The van der Waals surface area contributed by atoms with Crippen LogP contribution in [-0.2, 0) is 19.6 Å². The normalized spacial score (nSPS) is 16.4. The maximum Gasteiger partial charge on any atom is 0.340 e. The molecule has 0 unspecified atom stereocenters. The molecule has 1 fully saturated rings. The van der Waals surface area contributed by atoms with Crippen molar-refractivity contribution in [1.29, 1.82) is 0 Å². The number of carbonyl (C=O) groups is 2. The molecule has 0 spiro atoms. The molecule has 1 heterocycles. The number of nitrogens with one attached hydrogen (secondary N) is 1. The van der Waals surface area contributed by atoms with Crippen molar-refractivity contribution in [1.82, 2.24) is 4.31 Å². The Morgan fingerprint density at radius 2 is 1.84 bits per heavy atom. The molecule has 2 rings (SSSR count). The van der Waals surface area contributed by atoms with Crippen molar-refractivity contribution in [2.45, 2.75) is 26.7 Å². The van der Waals surface area contributed by atoms with Gasteiger partial charge in [0.05, 0.1) is 23.6 Å². The molecule has 25 heavy (non-hydrogen) atoms. The van der Waals surface area contributed by atoms with E-state index in [0.29, 0.717) is 37.2 Å². The second-order valence-corrected chi connectivity index (χ2v) is 8.09. The fourth-order valence-corrected chi connectivity index (χ4v) is 3.92. The zero-order chi connectivity index (χ0) is 18.4. The topological polar surface area (TPSA) is 92.8 Å². The van der Waals surface area contributed by atoms with Crippen molar-refractivity contribution in [2.24, 2.45) is 5.92 Å². The van der Waals surface area contributed by atoms with Crippen LogP contribution in [0.4, 0.5) is 5.69 Å². The predicted octanol–water partition coefficient (Wildman–Crippen LogP) is 1.86. The minimum atomic E-state index is -3.21. The molecule has 8 heteroatoms. The third-order valence-corrected chi connectivity index (χ3v) is 6.14. The number of hydrogen-bond acceptors (Lipinski definition) is 5. The average Bonchev–Trinajstić information content (AvgIpc) is 2.62. The molecule has 0 saturated carbocycles. The highest BCUT2D eigenvalue weighted by molar-refractivity contribution is 7.89. The van der Waals surface area contributed by atoms with Crippen LogP contribution in [0.25, 0.3) is 0 Å². The molecule has 1 aliphatic heterocycles. The lowest BCUT2D eigenvalue weighted by atomic mass is 9.97. The van der Waals surface area contributed by atoms with Crippen LogP contribution < -0.4 is 5.32 Å². The van der Waals surface area contributed by atoms with E-state index in [2.05, 4.69) is 5.32 Å². The van der Waals surface area contributed by atoms with Crippen LogP contribution >= 0.6 is 0 Å². The van der Waals surface area contributed by atoms with E-state index in [1.807, 2.05) is 0 Å². The number of para-hydroxylation sites is 1.